The van der Waals surface area contributed by atoms with Crippen LogP contribution in [0.5, 0.6) is 0 Å². The van der Waals surface area contributed by atoms with Crippen molar-refractivity contribution in [2.45, 2.75) is 64.3 Å². The van der Waals surface area contributed by atoms with Crippen LogP contribution in [0.3, 0.4) is 0 Å². The zero-order valence-corrected chi connectivity index (χ0v) is 11.3. The van der Waals surface area contributed by atoms with E-state index in [1.54, 1.807) is 0 Å². The van der Waals surface area contributed by atoms with Crippen molar-refractivity contribution in [1.29, 1.82) is 0 Å². The van der Waals surface area contributed by atoms with E-state index in [2.05, 4.69) is 23.8 Å². The average molecular weight is 245 g/mol. The number of hydrogen-bond acceptors (Lipinski definition) is 1. The van der Waals surface area contributed by atoms with Crippen molar-refractivity contribution >= 4 is 5.78 Å². The summed E-state index contributed by atoms with van der Waals surface area (Å²) < 4.78 is 2.46. The molecule has 1 heterocycles. The highest BCUT2D eigenvalue weighted by atomic mass is 16.1. The largest absolute Gasteiger partial charge is 0.347 e. The second-order valence-electron chi connectivity index (χ2n) is 5.88. The molecule has 0 amide bonds. The maximum atomic E-state index is 11.9. The van der Waals surface area contributed by atoms with Crippen LogP contribution in [0.2, 0.25) is 0 Å². The van der Waals surface area contributed by atoms with Gasteiger partial charge in [-0.05, 0) is 37.7 Å². The van der Waals surface area contributed by atoms with Gasteiger partial charge in [-0.25, -0.2) is 0 Å². The highest BCUT2D eigenvalue weighted by molar-refractivity contribution is 5.98. The number of carbonyl (C=O) groups is 1. The number of aromatic nitrogens is 1. The van der Waals surface area contributed by atoms with E-state index in [1.165, 1.54) is 37.8 Å². The van der Waals surface area contributed by atoms with Gasteiger partial charge in [0.25, 0.3) is 0 Å². The van der Waals surface area contributed by atoms with E-state index in [0.717, 1.165) is 30.7 Å². The molecule has 1 saturated carbocycles. The van der Waals surface area contributed by atoms with Crippen LogP contribution in [-0.2, 0) is 6.42 Å². The first-order valence-electron chi connectivity index (χ1n) is 7.54. The average Bonchev–Trinajstić information content (AvgIpc) is 2.84. The highest BCUT2D eigenvalue weighted by Crippen LogP contribution is 2.38. The van der Waals surface area contributed by atoms with Gasteiger partial charge in [0.2, 0.25) is 0 Å². The second-order valence-corrected chi connectivity index (χ2v) is 5.88. The lowest BCUT2D eigenvalue weighted by atomic mass is 9.82. The third-order valence-corrected chi connectivity index (χ3v) is 4.89. The van der Waals surface area contributed by atoms with Crippen molar-refractivity contribution in [1.82, 2.24) is 4.57 Å². The highest BCUT2D eigenvalue weighted by Gasteiger charge is 2.29. The van der Waals surface area contributed by atoms with Gasteiger partial charge in [-0.3, -0.25) is 4.79 Å². The molecule has 0 radical (unpaired) electrons. The van der Waals surface area contributed by atoms with E-state index in [9.17, 15) is 4.79 Å². The van der Waals surface area contributed by atoms with Crippen molar-refractivity contribution in [2.24, 2.45) is 5.92 Å². The van der Waals surface area contributed by atoms with E-state index in [-0.39, 0.29) is 0 Å². The zero-order valence-electron chi connectivity index (χ0n) is 11.3. The maximum absolute atomic E-state index is 11.9. The molecule has 0 aliphatic heterocycles. The molecular weight excluding hydrogens is 222 g/mol. The molecule has 2 aliphatic carbocycles. The Bertz CT molecular complexity index is 446. The fraction of sp³-hybridized carbons (Fsp3) is 0.688. The summed E-state index contributed by atoms with van der Waals surface area (Å²) in [4.78, 5) is 11.9. The molecule has 1 aromatic heterocycles. The number of nitrogens with zero attached hydrogens (tertiary/aromatic N) is 1. The predicted octanol–water partition coefficient (Wildman–Crippen LogP) is 4.15. The van der Waals surface area contributed by atoms with Gasteiger partial charge in [0, 0.05) is 29.9 Å². The first-order valence-corrected chi connectivity index (χ1v) is 7.54. The Morgan fingerprint density at radius 2 is 2.06 bits per heavy atom. The number of rotatable bonds is 2. The van der Waals surface area contributed by atoms with E-state index < -0.39 is 0 Å². The molecule has 3 rings (SSSR count). The SMILES string of the molecule is CCC1CCCCC1n1ccc2c1CCCC2=O. The Kier molecular flexibility index (Phi) is 3.27. The molecule has 2 heteroatoms. The topological polar surface area (TPSA) is 22.0 Å². The fourth-order valence-corrected chi connectivity index (χ4v) is 3.89. The van der Waals surface area contributed by atoms with Crippen molar-refractivity contribution in [2.75, 3.05) is 0 Å². The minimum Gasteiger partial charge on any atom is -0.347 e. The Hall–Kier alpha value is -1.05. The fourth-order valence-electron chi connectivity index (χ4n) is 3.89. The lowest BCUT2D eigenvalue weighted by Gasteiger charge is -2.34. The predicted molar refractivity (Wildman–Crippen MR) is 73.0 cm³/mol. The first-order chi connectivity index (χ1) is 8.81. The molecule has 0 spiro atoms. The Balaban J connectivity index is 1.94. The minimum absolute atomic E-state index is 0.360. The summed E-state index contributed by atoms with van der Waals surface area (Å²) >= 11 is 0. The Morgan fingerprint density at radius 3 is 2.89 bits per heavy atom. The quantitative estimate of drug-likeness (QED) is 0.767. The van der Waals surface area contributed by atoms with Crippen LogP contribution in [-0.4, -0.2) is 10.4 Å². The molecule has 2 aliphatic rings. The first kappa shape index (κ1) is 12.0. The standard InChI is InChI=1S/C16H23NO/c1-2-12-6-3-4-7-14(12)17-11-10-13-15(17)8-5-9-16(13)18/h10-12,14H,2-9H2,1H3. The number of carbonyl (C=O) groups excluding carboxylic acids is 1. The molecule has 1 aromatic rings. The van der Waals surface area contributed by atoms with Crippen molar-refractivity contribution < 1.29 is 4.79 Å². The van der Waals surface area contributed by atoms with Gasteiger partial charge in [-0.15, -0.1) is 0 Å². The van der Waals surface area contributed by atoms with Gasteiger partial charge in [0.15, 0.2) is 5.78 Å². The Morgan fingerprint density at radius 1 is 1.22 bits per heavy atom. The van der Waals surface area contributed by atoms with Gasteiger partial charge in [0.1, 0.15) is 0 Å². The maximum Gasteiger partial charge on any atom is 0.164 e. The molecule has 18 heavy (non-hydrogen) atoms. The van der Waals surface area contributed by atoms with Crippen molar-refractivity contribution in [3.05, 3.63) is 23.5 Å². The smallest absolute Gasteiger partial charge is 0.164 e. The zero-order chi connectivity index (χ0) is 12.5. The summed E-state index contributed by atoms with van der Waals surface area (Å²) in [5.74, 6) is 1.17. The van der Waals surface area contributed by atoms with Crippen LogP contribution in [0.1, 0.15) is 74.0 Å². The Labute approximate surface area is 109 Å². The number of fused-ring (bicyclic) bond motifs is 1. The van der Waals surface area contributed by atoms with Crippen LogP contribution in [0.15, 0.2) is 12.3 Å². The number of Topliss-reactive ketones (excluding diaryl/α,β-unsaturated/α-hetero) is 1. The third kappa shape index (κ3) is 1.92. The van der Waals surface area contributed by atoms with Crippen molar-refractivity contribution in [3.8, 4) is 0 Å². The van der Waals surface area contributed by atoms with Crippen LogP contribution < -0.4 is 0 Å². The van der Waals surface area contributed by atoms with Crippen LogP contribution in [0, 0.1) is 5.92 Å². The summed E-state index contributed by atoms with van der Waals surface area (Å²) in [5.41, 5.74) is 2.35. The van der Waals surface area contributed by atoms with E-state index in [4.69, 9.17) is 0 Å². The minimum atomic E-state index is 0.360. The molecule has 0 bridgehead atoms. The molecule has 1 fully saturated rings. The summed E-state index contributed by atoms with van der Waals surface area (Å²) in [7, 11) is 0. The second kappa shape index (κ2) is 4.91. The van der Waals surface area contributed by atoms with Crippen molar-refractivity contribution in [3.63, 3.8) is 0 Å². The third-order valence-electron chi connectivity index (χ3n) is 4.89. The number of ketones is 1. The monoisotopic (exact) mass is 245 g/mol. The van der Waals surface area contributed by atoms with Crippen LogP contribution in [0.4, 0.5) is 0 Å². The summed E-state index contributed by atoms with van der Waals surface area (Å²) in [6.45, 7) is 2.31. The van der Waals surface area contributed by atoms with Gasteiger partial charge in [-0.1, -0.05) is 26.2 Å². The molecule has 0 N–H and O–H groups in total. The molecule has 98 valence electrons. The van der Waals surface area contributed by atoms with Crippen LogP contribution >= 0.6 is 0 Å². The normalized spacial score (nSPS) is 28.2. The van der Waals surface area contributed by atoms with Gasteiger partial charge in [0.05, 0.1) is 0 Å². The van der Waals surface area contributed by atoms with Gasteiger partial charge >= 0.3 is 0 Å². The number of hydrogen-bond donors (Lipinski definition) is 0. The summed E-state index contributed by atoms with van der Waals surface area (Å²) in [6, 6.07) is 2.72. The van der Waals surface area contributed by atoms with Gasteiger partial charge in [-0.2, -0.15) is 0 Å². The van der Waals surface area contributed by atoms with Gasteiger partial charge < -0.3 is 4.57 Å². The summed E-state index contributed by atoms with van der Waals surface area (Å²) in [6.07, 6.45) is 11.7. The van der Waals surface area contributed by atoms with E-state index in [0.29, 0.717) is 11.8 Å². The van der Waals surface area contributed by atoms with E-state index >= 15 is 0 Å². The van der Waals surface area contributed by atoms with Crippen LogP contribution in [0.25, 0.3) is 0 Å². The molecule has 0 aromatic carbocycles. The molecular formula is C16H23NO. The lowest BCUT2D eigenvalue weighted by molar-refractivity contribution is 0.0970. The summed E-state index contributed by atoms with van der Waals surface area (Å²) in [5, 5.41) is 0. The molecule has 2 unspecified atom stereocenters. The lowest BCUT2D eigenvalue weighted by Crippen LogP contribution is -2.25. The molecule has 2 nitrogen and oxygen atoms in total. The molecule has 0 saturated heterocycles. The van der Waals surface area contributed by atoms with E-state index in [1.807, 2.05) is 0 Å². The molecule has 2 atom stereocenters.